The highest BCUT2D eigenvalue weighted by Gasteiger charge is 2.56. The number of aliphatic carboxylic acids is 5. The smallest absolute Gasteiger partial charge is 0.335 e. The zero-order chi connectivity index (χ0) is 93.5. The number of aliphatic hydroxyl groups excluding tert-OH is 17. The molecule has 41 heteroatoms. The minimum absolute atomic E-state index is 0.100. The zero-order valence-corrected chi connectivity index (χ0v) is 73.4. The molecular weight excluding hydrogens is 1660 g/mol. The predicted octanol–water partition coefficient (Wildman–Crippen LogP) is 1.77. The van der Waals surface area contributed by atoms with Crippen molar-refractivity contribution in [3.05, 3.63) is 0 Å². The number of aliphatic hydroxyl groups is 17. The molecule has 22 N–H and O–H groups in total. The van der Waals surface area contributed by atoms with Crippen LogP contribution in [-0.4, -0.2) is 371 Å². The highest BCUT2D eigenvalue weighted by atomic mass is 16.8. The number of carbonyl (C=O) groups is 6. The van der Waals surface area contributed by atoms with Crippen molar-refractivity contribution in [1.29, 1.82) is 0 Å². The van der Waals surface area contributed by atoms with Crippen molar-refractivity contribution < 1.29 is 203 Å². The third-order valence-electron chi connectivity index (χ3n) is 22.0. The number of hydrogen-bond donors (Lipinski definition) is 22. The standard InChI is InChI=1S/C26H48O9.C24H42O13.C20H36O12.C14H26O7/c1-26(2,3)35-19(27)17-15-13-11-9-7-5-4-6-8-10-12-14-16-18-33-25-22(30)20(28)21(29)23(34-25)24(31)32;1-2-3-4-5-6-7-8-9-10-11-12-34-23-17(29)15(27)18(20(37-23)22(32)33)35-24-16(28)13(25)14(26)19(36-24)21(30)31;1-2-3-4-5-6-7-8-29-19-15(25)12(22)11(21)10(31-19)9-30-20-16(26)13(23)14(24)17(32-20)18(27)28;1-2-3-4-5-6-7-8-20-14-11(17)9(15)10(16)12(21-14)13(18)19/h20-23,25,28-30H,4-18H2,1-3H3,(H,31,32);13-20,23-29H,2-12H2,1H3,(H,30,31)(H,32,33);10-17,19-26H,2-9H2,1H3,(H,27,28);9-12,14-17H,2-8H2,1H3,(H,18,19)/t20-,21-,22+,23-,25+;13-,14-,15+,16?,17?,18-,19?,20?,23+,24+;10-,11-,12+,13+,14-,15-,16-,17+,19-,20+;9-,10-,11?,12?,14+/m0010/s1. The molecule has 125 heavy (non-hydrogen) atoms. The summed E-state index contributed by atoms with van der Waals surface area (Å²) in [6, 6.07) is 0. The zero-order valence-electron chi connectivity index (χ0n) is 73.4. The van der Waals surface area contributed by atoms with Gasteiger partial charge in [0.15, 0.2) is 68.3 Å². The van der Waals surface area contributed by atoms with Crippen LogP contribution in [0.3, 0.4) is 0 Å². The van der Waals surface area contributed by atoms with Gasteiger partial charge in [-0.3, -0.25) is 4.79 Å². The van der Waals surface area contributed by atoms with Crippen LogP contribution in [0.4, 0.5) is 0 Å². The quantitative estimate of drug-likeness (QED) is 0.0305. The van der Waals surface area contributed by atoms with Crippen LogP contribution in [0.25, 0.3) is 0 Å². The number of hydrogen-bond acceptors (Lipinski definition) is 36. The maximum Gasteiger partial charge on any atom is 0.335 e. The Morgan fingerprint density at radius 3 is 0.752 bits per heavy atom. The van der Waals surface area contributed by atoms with Crippen LogP contribution in [0.2, 0.25) is 0 Å². The summed E-state index contributed by atoms with van der Waals surface area (Å²) in [7, 11) is 0. The molecule has 0 spiro atoms. The largest absolute Gasteiger partial charge is 0.479 e. The molecule has 734 valence electrons. The van der Waals surface area contributed by atoms with Gasteiger partial charge in [-0.05, 0) is 52.9 Å². The fourth-order valence-corrected chi connectivity index (χ4v) is 14.5. The molecule has 6 fully saturated rings. The molecule has 41 nitrogen and oxygen atoms in total. The Labute approximate surface area is 731 Å². The van der Waals surface area contributed by atoms with Crippen molar-refractivity contribution in [1.82, 2.24) is 0 Å². The van der Waals surface area contributed by atoms with Gasteiger partial charge in [-0.25, -0.2) is 24.0 Å². The van der Waals surface area contributed by atoms with Gasteiger partial charge < -0.3 is 174 Å². The predicted molar refractivity (Wildman–Crippen MR) is 436 cm³/mol. The second kappa shape index (κ2) is 62.9. The van der Waals surface area contributed by atoms with Gasteiger partial charge in [0.1, 0.15) is 122 Å². The maximum absolute atomic E-state index is 11.8. The maximum atomic E-state index is 11.8. The molecule has 0 aromatic rings. The third-order valence-corrected chi connectivity index (χ3v) is 22.0. The number of carboxylic acid groups (broad SMARTS) is 5. The molecule has 0 aromatic heterocycles. The summed E-state index contributed by atoms with van der Waals surface area (Å²) in [4.78, 5) is 67.9. The molecule has 0 saturated carbocycles. The Morgan fingerprint density at radius 1 is 0.248 bits per heavy atom. The highest BCUT2D eigenvalue weighted by molar-refractivity contribution is 5.75. The van der Waals surface area contributed by atoms with Gasteiger partial charge >= 0.3 is 35.8 Å². The lowest BCUT2D eigenvalue weighted by molar-refractivity contribution is -0.350. The van der Waals surface area contributed by atoms with E-state index in [9.17, 15) is 121 Å². The summed E-state index contributed by atoms with van der Waals surface area (Å²) in [5, 5.41) is 215. The average molecular weight is 1820 g/mol. The first-order valence-electron chi connectivity index (χ1n) is 44.9. The Balaban J connectivity index is 0.000000437. The Kier molecular flexibility index (Phi) is 57.8. The fourth-order valence-electron chi connectivity index (χ4n) is 14.5. The Hall–Kier alpha value is -4.34. The normalized spacial score (nSPS) is 33.6. The van der Waals surface area contributed by atoms with Crippen LogP contribution < -0.4 is 0 Å². The second-order valence-electron chi connectivity index (χ2n) is 33.8. The first-order valence-corrected chi connectivity index (χ1v) is 44.9. The molecule has 6 saturated heterocycles. The van der Waals surface area contributed by atoms with Gasteiger partial charge in [0.25, 0.3) is 0 Å². The molecule has 0 bridgehead atoms. The van der Waals surface area contributed by atoms with Crippen LogP contribution in [0.15, 0.2) is 0 Å². The van der Waals surface area contributed by atoms with E-state index in [1.165, 1.54) is 109 Å². The van der Waals surface area contributed by atoms with E-state index in [0.717, 1.165) is 109 Å². The van der Waals surface area contributed by atoms with Gasteiger partial charge in [-0.2, -0.15) is 0 Å². The Bertz CT molecular complexity index is 2890. The van der Waals surface area contributed by atoms with E-state index in [1.807, 2.05) is 20.8 Å². The molecule has 6 heterocycles. The molecule has 6 unspecified atom stereocenters. The molecule has 6 aliphatic heterocycles. The molecular formula is C84H152O41. The van der Waals surface area contributed by atoms with Crippen molar-refractivity contribution in [3.8, 4) is 0 Å². The van der Waals surface area contributed by atoms with Crippen molar-refractivity contribution in [2.24, 2.45) is 0 Å². The first kappa shape index (κ1) is 115. The monoisotopic (exact) mass is 1820 g/mol. The van der Waals surface area contributed by atoms with E-state index < -0.39 is 226 Å². The lowest BCUT2D eigenvalue weighted by Crippen LogP contribution is -2.65. The number of carbonyl (C=O) groups excluding carboxylic acids is 1. The van der Waals surface area contributed by atoms with Crippen molar-refractivity contribution in [2.45, 2.75) is 463 Å². The van der Waals surface area contributed by atoms with Gasteiger partial charge in [-0.1, -0.05) is 213 Å². The van der Waals surface area contributed by atoms with Crippen molar-refractivity contribution >= 4 is 35.8 Å². The minimum Gasteiger partial charge on any atom is -0.479 e. The SMILES string of the molecule is CC(C)(C)OC(=O)CCCCCCCCCCCCCCCO[C@@H]1O[C@H](C(=O)O)[C@@H](O)[C@H](O)[C@H]1O.CCCCCCCCCCCCO[C@@H]1OC(C(=O)O)[C@@H](O[C@@H]2OC(C(=O)O)[C@@H](O)[C@H](O)C2O)[C@H](O)C1O.CCCCCCCCO[C@@H]1OC(C(=O)O)[C@@H](O)[C@H](O)C1O.CCCCCCCCO[C@@H]1O[C@H](CO[C@H]2O[C@H](C(=O)O)[C@H](O)[C@H](O)[C@H]2O)[C@@H](O)[C@H](O)[C@H]1O. The summed E-state index contributed by atoms with van der Waals surface area (Å²) in [5.74, 6) is -7.72. The highest BCUT2D eigenvalue weighted by Crippen LogP contribution is 2.33. The average Bonchev–Trinajstić information content (AvgIpc) is 0.822. The van der Waals surface area contributed by atoms with Crippen LogP contribution in [0.1, 0.15) is 273 Å². The summed E-state index contributed by atoms with van der Waals surface area (Å²) in [6.45, 7) is 12.7. The van der Waals surface area contributed by atoms with E-state index >= 15 is 0 Å². The van der Waals surface area contributed by atoms with E-state index in [-0.39, 0.29) is 25.8 Å². The first-order chi connectivity index (χ1) is 59.3. The molecule has 0 amide bonds. The van der Waals surface area contributed by atoms with E-state index in [2.05, 4.69) is 20.8 Å². The second-order valence-corrected chi connectivity index (χ2v) is 33.8. The fraction of sp³-hybridized carbons (Fsp3) is 0.929. The molecule has 30 atom stereocenters. The molecule has 0 aliphatic carbocycles. The molecule has 0 radical (unpaired) electrons. The van der Waals surface area contributed by atoms with Crippen molar-refractivity contribution in [2.75, 3.05) is 33.0 Å². The van der Waals surface area contributed by atoms with Crippen LogP contribution in [0, 0.1) is 0 Å². The van der Waals surface area contributed by atoms with Crippen LogP contribution in [-0.2, 0) is 90.3 Å². The topological polar surface area (TPSA) is 667 Å². The molecule has 6 rings (SSSR count). The van der Waals surface area contributed by atoms with E-state index in [1.54, 1.807) is 0 Å². The molecule has 0 aromatic carbocycles. The summed E-state index contributed by atoms with van der Waals surface area (Å²) >= 11 is 0. The van der Waals surface area contributed by atoms with Crippen molar-refractivity contribution in [3.63, 3.8) is 0 Å². The van der Waals surface area contributed by atoms with Crippen LogP contribution in [0.5, 0.6) is 0 Å². The Morgan fingerprint density at radius 2 is 0.472 bits per heavy atom. The number of ether oxygens (including phenoxy) is 13. The lowest BCUT2D eigenvalue weighted by Gasteiger charge is -2.44. The number of unbranched alkanes of at least 4 members (excludes halogenated alkanes) is 31. The van der Waals surface area contributed by atoms with E-state index in [0.29, 0.717) is 19.4 Å². The van der Waals surface area contributed by atoms with E-state index in [4.69, 9.17) is 82.0 Å². The summed E-state index contributed by atoms with van der Waals surface area (Å²) < 4.78 is 68.4. The molecule has 6 aliphatic rings. The van der Waals surface area contributed by atoms with Gasteiger partial charge in [0, 0.05) is 32.8 Å². The third kappa shape index (κ3) is 41.6. The summed E-state index contributed by atoms with van der Waals surface area (Å²) in [6.07, 6.45) is -11.3. The number of esters is 1. The minimum atomic E-state index is -1.99. The lowest BCUT2D eigenvalue weighted by atomic mass is 9.96. The number of rotatable bonds is 55. The van der Waals surface area contributed by atoms with Gasteiger partial charge in [-0.15, -0.1) is 0 Å². The summed E-state index contributed by atoms with van der Waals surface area (Å²) in [5.41, 5.74) is -0.396. The van der Waals surface area contributed by atoms with Crippen LogP contribution >= 0.6 is 0 Å². The number of carboxylic acids is 5. The van der Waals surface area contributed by atoms with Gasteiger partial charge in [0.2, 0.25) is 0 Å². The van der Waals surface area contributed by atoms with Gasteiger partial charge in [0.05, 0.1) is 6.61 Å².